The maximum Gasteiger partial charge on any atom is 0.242 e. The highest BCUT2D eigenvalue weighted by molar-refractivity contribution is 9.10. The van der Waals surface area contributed by atoms with Crippen LogP contribution in [-0.2, 0) is 9.53 Å². The molecular formula is C11H13BrFN3O2. The standard InChI is InChI=1S/C11H13BrFN3O2/c12-8-5-9(13)11(14-6-8)15-7-10(17)16-1-3-18-4-2-16/h5-6H,1-4,7H2,(H,14,15). The Bertz CT molecular complexity index is 438. The van der Waals surface area contributed by atoms with Gasteiger partial charge in [0.25, 0.3) is 0 Å². The van der Waals surface area contributed by atoms with Crippen molar-refractivity contribution in [3.63, 3.8) is 0 Å². The zero-order valence-electron chi connectivity index (χ0n) is 9.66. The van der Waals surface area contributed by atoms with Crippen LogP contribution in [0.5, 0.6) is 0 Å². The molecular weight excluding hydrogens is 305 g/mol. The number of morpholine rings is 1. The van der Waals surface area contributed by atoms with Gasteiger partial charge in [0, 0.05) is 23.8 Å². The molecule has 1 amide bonds. The highest BCUT2D eigenvalue weighted by atomic mass is 79.9. The summed E-state index contributed by atoms with van der Waals surface area (Å²) in [6, 6.07) is 1.30. The Labute approximate surface area is 112 Å². The molecule has 0 aromatic carbocycles. The average molecular weight is 318 g/mol. The third kappa shape index (κ3) is 3.39. The van der Waals surface area contributed by atoms with Crippen LogP contribution in [0.3, 0.4) is 0 Å². The molecule has 0 saturated carbocycles. The number of hydrogen-bond acceptors (Lipinski definition) is 4. The Balaban J connectivity index is 1.88. The Hall–Kier alpha value is -1.21. The van der Waals surface area contributed by atoms with Gasteiger partial charge in [-0.25, -0.2) is 9.37 Å². The number of anilines is 1. The fraction of sp³-hybridized carbons (Fsp3) is 0.455. The van der Waals surface area contributed by atoms with Crippen LogP contribution in [0.2, 0.25) is 0 Å². The number of nitrogens with zero attached hydrogens (tertiary/aromatic N) is 2. The van der Waals surface area contributed by atoms with Crippen molar-refractivity contribution in [1.82, 2.24) is 9.88 Å². The summed E-state index contributed by atoms with van der Waals surface area (Å²) in [6.07, 6.45) is 1.48. The van der Waals surface area contributed by atoms with Gasteiger partial charge in [-0.15, -0.1) is 0 Å². The minimum absolute atomic E-state index is 0.0333. The van der Waals surface area contributed by atoms with Gasteiger partial charge in [0.05, 0.1) is 19.8 Å². The number of pyridine rings is 1. The SMILES string of the molecule is O=C(CNc1ncc(Br)cc1F)N1CCOCC1. The number of hydrogen-bond donors (Lipinski definition) is 1. The van der Waals surface area contributed by atoms with Crippen LogP contribution in [0.1, 0.15) is 0 Å². The maximum absolute atomic E-state index is 13.4. The molecule has 1 aliphatic heterocycles. The molecule has 2 rings (SSSR count). The topological polar surface area (TPSA) is 54.5 Å². The van der Waals surface area contributed by atoms with E-state index in [-0.39, 0.29) is 18.3 Å². The predicted molar refractivity (Wildman–Crippen MR) is 67.8 cm³/mol. The van der Waals surface area contributed by atoms with E-state index < -0.39 is 5.82 Å². The summed E-state index contributed by atoms with van der Waals surface area (Å²) in [4.78, 5) is 17.4. The largest absolute Gasteiger partial charge is 0.378 e. The van der Waals surface area contributed by atoms with E-state index in [4.69, 9.17) is 4.74 Å². The van der Waals surface area contributed by atoms with E-state index in [1.54, 1.807) is 4.90 Å². The molecule has 0 spiro atoms. The Kier molecular flexibility index (Phi) is 4.48. The molecule has 0 bridgehead atoms. The van der Waals surface area contributed by atoms with Gasteiger partial charge in [0.2, 0.25) is 5.91 Å². The summed E-state index contributed by atoms with van der Waals surface area (Å²) in [5, 5.41) is 2.70. The fourth-order valence-corrected chi connectivity index (χ4v) is 1.93. The first kappa shape index (κ1) is 13.2. The second-order valence-corrected chi connectivity index (χ2v) is 4.75. The summed E-state index contributed by atoms with van der Waals surface area (Å²) in [5.74, 6) is -0.485. The summed E-state index contributed by atoms with van der Waals surface area (Å²) < 4.78 is 19.2. The van der Waals surface area contributed by atoms with Crippen molar-refractivity contribution in [1.29, 1.82) is 0 Å². The summed E-state index contributed by atoms with van der Waals surface area (Å²) >= 11 is 3.12. The lowest BCUT2D eigenvalue weighted by atomic mass is 10.4. The van der Waals surface area contributed by atoms with Gasteiger partial charge in [0.15, 0.2) is 11.6 Å². The van der Waals surface area contributed by atoms with Crippen molar-refractivity contribution >= 4 is 27.7 Å². The molecule has 1 fully saturated rings. The van der Waals surface area contributed by atoms with Gasteiger partial charge in [0.1, 0.15) is 0 Å². The van der Waals surface area contributed by atoms with Gasteiger partial charge in [-0.1, -0.05) is 0 Å². The first-order valence-corrected chi connectivity index (χ1v) is 6.36. The normalized spacial score (nSPS) is 15.6. The quantitative estimate of drug-likeness (QED) is 0.911. The van der Waals surface area contributed by atoms with Crippen LogP contribution in [-0.4, -0.2) is 48.6 Å². The lowest BCUT2D eigenvalue weighted by molar-refractivity contribution is -0.133. The first-order chi connectivity index (χ1) is 8.66. The van der Waals surface area contributed by atoms with E-state index in [9.17, 15) is 9.18 Å². The third-order valence-corrected chi connectivity index (χ3v) is 3.01. The number of aromatic nitrogens is 1. The Morgan fingerprint density at radius 1 is 1.56 bits per heavy atom. The summed E-state index contributed by atoms with van der Waals surface area (Å²) in [5.41, 5.74) is 0. The molecule has 2 heterocycles. The molecule has 1 N–H and O–H groups in total. The maximum atomic E-state index is 13.4. The molecule has 1 aliphatic rings. The Morgan fingerprint density at radius 2 is 2.28 bits per heavy atom. The molecule has 5 nitrogen and oxygen atoms in total. The fourth-order valence-electron chi connectivity index (χ4n) is 1.63. The van der Waals surface area contributed by atoms with Crippen molar-refractivity contribution in [2.24, 2.45) is 0 Å². The van der Waals surface area contributed by atoms with Gasteiger partial charge in [-0.05, 0) is 22.0 Å². The van der Waals surface area contributed by atoms with Crippen molar-refractivity contribution in [2.45, 2.75) is 0 Å². The number of amides is 1. The third-order valence-electron chi connectivity index (χ3n) is 2.58. The van der Waals surface area contributed by atoms with E-state index in [2.05, 4.69) is 26.2 Å². The van der Waals surface area contributed by atoms with E-state index in [1.807, 2.05) is 0 Å². The molecule has 0 atom stereocenters. The van der Waals surface area contributed by atoms with E-state index in [1.165, 1.54) is 12.3 Å². The minimum atomic E-state index is -0.487. The van der Waals surface area contributed by atoms with Crippen LogP contribution in [0.4, 0.5) is 10.2 Å². The monoisotopic (exact) mass is 317 g/mol. The van der Waals surface area contributed by atoms with Crippen molar-refractivity contribution in [3.05, 3.63) is 22.6 Å². The van der Waals surface area contributed by atoms with Gasteiger partial charge in [-0.2, -0.15) is 0 Å². The van der Waals surface area contributed by atoms with Crippen LogP contribution in [0.15, 0.2) is 16.7 Å². The number of ether oxygens (including phenoxy) is 1. The van der Waals surface area contributed by atoms with Gasteiger partial charge >= 0.3 is 0 Å². The lowest BCUT2D eigenvalue weighted by Crippen LogP contribution is -2.43. The zero-order valence-corrected chi connectivity index (χ0v) is 11.2. The number of carbonyl (C=O) groups excluding carboxylic acids is 1. The molecule has 1 aromatic heterocycles. The van der Waals surface area contributed by atoms with Crippen LogP contribution < -0.4 is 5.32 Å². The second kappa shape index (κ2) is 6.10. The molecule has 1 saturated heterocycles. The van der Waals surface area contributed by atoms with Crippen LogP contribution in [0, 0.1) is 5.82 Å². The zero-order chi connectivity index (χ0) is 13.0. The molecule has 0 radical (unpaired) electrons. The smallest absolute Gasteiger partial charge is 0.242 e. The number of nitrogens with one attached hydrogen (secondary N) is 1. The number of carbonyl (C=O) groups is 1. The van der Waals surface area contributed by atoms with Crippen LogP contribution in [0.25, 0.3) is 0 Å². The van der Waals surface area contributed by atoms with Gasteiger partial charge in [-0.3, -0.25) is 4.79 Å². The molecule has 7 heteroatoms. The van der Waals surface area contributed by atoms with Crippen LogP contribution >= 0.6 is 15.9 Å². The molecule has 18 heavy (non-hydrogen) atoms. The van der Waals surface area contributed by atoms with Gasteiger partial charge < -0.3 is 15.0 Å². The Morgan fingerprint density at radius 3 is 2.94 bits per heavy atom. The van der Waals surface area contributed by atoms with Crippen molar-refractivity contribution in [2.75, 3.05) is 38.2 Å². The number of halogens is 2. The summed E-state index contributed by atoms with van der Waals surface area (Å²) in [7, 11) is 0. The minimum Gasteiger partial charge on any atom is -0.378 e. The molecule has 0 unspecified atom stereocenters. The average Bonchev–Trinajstić information content (AvgIpc) is 2.38. The summed E-state index contributed by atoms with van der Waals surface area (Å²) in [6.45, 7) is 2.30. The highest BCUT2D eigenvalue weighted by Crippen LogP contribution is 2.15. The molecule has 0 aliphatic carbocycles. The lowest BCUT2D eigenvalue weighted by Gasteiger charge is -2.26. The predicted octanol–water partition coefficient (Wildman–Crippen LogP) is 1.25. The molecule has 98 valence electrons. The number of rotatable bonds is 3. The van der Waals surface area contributed by atoms with Crippen molar-refractivity contribution in [3.8, 4) is 0 Å². The second-order valence-electron chi connectivity index (χ2n) is 3.83. The van der Waals surface area contributed by atoms with E-state index in [0.29, 0.717) is 30.8 Å². The van der Waals surface area contributed by atoms with E-state index in [0.717, 1.165) is 0 Å². The van der Waals surface area contributed by atoms with E-state index >= 15 is 0 Å². The first-order valence-electron chi connectivity index (χ1n) is 5.57. The molecule has 1 aromatic rings. The highest BCUT2D eigenvalue weighted by Gasteiger charge is 2.17. The van der Waals surface area contributed by atoms with Crippen molar-refractivity contribution < 1.29 is 13.9 Å².